The van der Waals surface area contributed by atoms with Crippen LogP contribution in [0.2, 0.25) is 0 Å². The number of Topliss-reactive ketones (excluding diaryl/α,β-unsaturated/α-hetero) is 1. The van der Waals surface area contributed by atoms with Gasteiger partial charge in [-0.25, -0.2) is 4.98 Å². The van der Waals surface area contributed by atoms with Gasteiger partial charge in [0, 0.05) is 37.0 Å². The zero-order valence-electron chi connectivity index (χ0n) is 14.3. The van der Waals surface area contributed by atoms with E-state index in [-0.39, 0.29) is 5.78 Å². The highest BCUT2D eigenvalue weighted by molar-refractivity contribution is 5.95. The Kier molecular flexibility index (Phi) is 6.19. The van der Waals surface area contributed by atoms with Crippen molar-refractivity contribution < 1.29 is 4.79 Å². The first-order chi connectivity index (χ1) is 11.8. The number of hydrogen-bond acceptors (Lipinski definition) is 3. The Morgan fingerprint density at radius 1 is 1.17 bits per heavy atom. The van der Waals surface area contributed by atoms with E-state index in [1.54, 1.807) is 0 Å². The summed E-state index contributed by atoms with van der Waals surface area (Å²) in [6.45, 7) is 3.24. The normalized spacial score (nSPS) is 18.6. The van der Waals surface area contributed by atoms with E-state index in [2.05, 4.69) is 14.5 Å². The van der Waals surface area contributed by atoms with Gasteiger partial charge in [-0.3, -0.25) is 4.79 Å². The molecular formula is C20H27N3O. The number of piperidine rings is 1. The quantitative estimate of drug-likeness (QED) is 0.693. The summed E-state index contributed by atoms with van der Waals surface area (Å²) in [5.74, 6) is 0.266. The summed E-state index contributed by atoms with van der Waals surface area (Å²) < 4.78 is 2.16. The molecule has 0 aliphatic carbocycles. The maximum Gasteiger partial charge on any atom is 0.162 e. The van der Waals surface area contributed by atoms with Crippen LogP contribution in [0, 0.1) is 0 Å². The van der Waals surface area contributed by atoms with Crippen LogP contribution in [0.5, 0.6) is 0 Å². The molecule has 128 valence electrons. The van der Waals surface area contributed by atoms with Gasteiger partial charge >= 0.3 is 0 Å². The number of imidazole rings is 1. The smallest absolute Gasteiger partial charge is 0.162 e. The number of nitrogens with zero attached hydrogens (tertiary/aromatic N) is 3. The summed E-state index contributed by atoms with van der Waals surface area (Å²) in [7, 11) is 0. The Labute approximate surface area is 144 Å². The second-order valence-corrected chi connectivity index (χ2v) is 6.67. The molecule has 1 saturated heterocycles. The lowest BCUT2D eigenvalue weighted by molar-refractivity contribution is 0.0956. The predicted octanol–water partition coefficient (Wildman–Crippen LogP) is 3.79. The van der Waals surface area contributed by atoms with Gasteiger partial charge in [-0.05, 0) is 38.8 Å². The van der Waals surface area contributed by atoms with E-state index >= 15 is 0 Å². The van der Waals surface area contributed by atoms with Gasteiger partial charge in [0.1, 0.15) is 0 Å². The van der Waals surface area contributed by atoms with Gasteiger partial charge in [-0.1, -0.05) is 36.8 Å². The third kappa shape index (κ3) is 4.78. The first-order valence-electron chi connectivity index (χ1n) is 9.11. The van der Waals surface area contributed by atoms with Crippen LogP contribution in [0.15, 0.2) is 49.1 Å². The SMILES string of the molecule is O=C(CCCN1CCCCC1CCn1ccnc1)c1ccccc1. The van der Waals surface area contributed by atoms with Crippen molar-refractivity contribution in [3.63, 3.8) is 0 Å². The van der Waals surface area contributed by atoms with Gasteiger partial charge in [0.2, 0.25) is 0 Å². The van der Waals surface area contributed by atoms with Crippen molar-refractivity contribution in [2.24, 2.45) is 0 Å². The average Bonchev–Trinajstić information content (AvgIpc) is 3.15. The van der Waals surface area contributed by atoms with E-state index in [9.17, 15) is 4.79 Å². The molecule has 0 bridgehead atoms. The minimum absolute atomic E-state index is 0.266. The van der Waals surface area contributed by atoms with Crippen LogP contribution in [-0.4, -0.2) is 39.4 Å². The highest BCUT2D eigenvalue weighted by atomic mass is 16.1. The predicted molar refractivity (Wildman–Crippen MR) is 96.1 cm³/mol. The summed E-state index contributed by atoms with van der Waals surface area (Å²) in [4.78, 5) is 18.9. The Morgan fingerprint density at radius 3 is 2.83 bits per heavy atom. The van der Waals surface area contributed by atoms with Crippen molar-refractivity contribution in [2.75, 3.05) is 13.1 Å². The number of carbonyl (C=O) groups excluding carboxylic acids is 1. The molecule has 24 heavy (non-hydrogen) atoms. The third-order valence-electron chi connectivity index (χ3n) is 4.97. The van der Waals surface area contributed by atoms with Gasteiger partial charge in [0.25, 0.3) is 0 Å². The molecule has 0 spiro atoms. The van der Waals surface area contributed by atoms with Crippen molar-refractivity contribution in [2.45, 2.75) is 51.1 Å². The summed E-state index contributed by atoms with van der Waals surface area (Å²) in [6.07, 6.45) is 12.4. The van der Waals surface area contributed by atoms with Crippen molar-refractivity contribution in [1.29, 1.82) is 0 Å². The van der Waals surface area contributed by atoms with Crippen molar-refractivity contribution in [3.8, 4) is 0 Å². The number of carbonyl (C=O) groups is 1. The second kappa shape index (κ2) is 8.78. The minimum atomic E-state index is 0.266. The summed E-state index contributed by atoms with van der Waals surface area (Å²) in [5.41, 5.74) is 0.841. The van der Waals surface area contributed by atoms with E-state index in [1.165, 1.54) is 32.2 Å². The number of ketones is 1. The largest absolute Gasteiger partial charge is 0.337 e. The molecule has 0 radical (unpaired) electrons. The number of likely N-dealkylation sites (tertiary alicyclic amines) is 1. The van der Waals surface area contributed by atoms with E-state index < -0.39 is 0 Å². The lowest BCUT2D eigenvalue weighted by Gasteiger charge is -2.36. The molecule has 1 aromatic carbocycles. The average molecular weight is 325 g/mol. The van der Waals surface area contributed by atoms with Crippen LogP contribution in [-0.2, 0) is 6.54 Å². The molecular weight excluding hydrogens is 298 g/mol. The number of hydrogen-bond donors (Lipinski definition) is 0. The Morgan fingerprint density at radius 2 is 2.04 bits per heavy atom. The zero-order valence-corrected chi connectivity index (χ0v) is 14.3. The third-order valence-corrected chi connectivity index (χ3v) is 4.97. The van der Waals surface area contributed by atoms with E-state index in [4.69, 9.17) is 0 Å². The maximum absolute atomic E-state index is 12.2. The summed E-state index contributed by atoms with van der Waals surface area (Å²) in [6, 6.07) is 10.3. The number of aryl methyl sites for hydroxylation is 1. The topological polar surface area (TPSA) is 38.1 Å². The molecule has 2 heterocycles. The molecule has 0 saturated carbocycles. The highest BCUT2D eigenvalue weighted by Crippen LogP contribution is 2.21. The summed E-state index contributed by atoms with van der Waals surface area (Å²) in [5, 5.41) is 0. The van der Waals surface area contributed by atoms with Crippen LogP contribution < -0.4 is 0 Å². The van der Waals surface area contributed by atoms with Crippen LogP contribution in [0.4, 0.5) is 0 Å². The number of rotatable bonds is 8. The lowest BCUT2D eigenvalue weighted by Crippen LogP contribution is -2.40. The van der Waals surface area contributed by atoms with E-state index in [1.807, 2.05) is 49.1 Å². The highest BCUT2D eigenvalue weighted by Gasteiger charge is 2.22. The molecule has 3 rings (SSSR count). The Hall–Kier alpha value is -1.94. The lowest BCUT2D eigenvalue weighted by atomic mass is 9.98. The van der Waals surface area contributed by atoms with E-state index in [0.29, 0.717) is 12.5 Å². The molecule has 4 heteroatoms. The maximum atomic E-state index is 12.2. The van der Waals surface area contributed by atoms with E-state index in [0.717, 1.165) is 25.1 Å². The van der Waals surface area contributed by atoms with Gasteiger partial charge in [-0.2, -0.15) is 0 Å². The number of aromatic nitrogens is 2. The van der Waals surface area contributed by atoms with Gasteiger partial charge < -0.3 is 9.47 Å². The Bertz CT molecular complexity index is 609. The van der Waals surface area contributed by atoms with Gasteiger partial charge in [0.05, 0.1) is 6.33 Å². The standard InChI is InChI=1S/C20H27N3O/c24-20(18-7-2-1-3-8-18)10-6-14-23-13-5-4-9-19(23)11-15-22-16-12-21-17-22/h1-3,7-8,12,16-17,19H,4-6,9-11,13-15H2. The molecule has 0 amide bonds. The fourth-order valence-corrected chi connectivity index (χ4v) is 3.61. The van der Waals surface area contributed by atoms with Crippen molar-refractivity contribution in [1.82, 2.24) is 14.5 Å². The molecule has 2 aromatic rings. The molecule has 1 unspecified atom stereocenters. The number of benzene rings is 1. The first-order valence-corrected chi connectivity index (χ1v) is 9.11. The summed E-state index contributed by atoms with van der Waals surface area (Å²) >= 11 is 0. The molecule has 1 fully saturated rings. The van der Waals surface area contributed by atoms with Crippen LogP contribution >= 0.6 is 0 Å². The van der Waals surface area contributed by atoms with Crippen LogP contribution in [0.25, 0.3) is 0 Å². The fourth-order valence-electron chi connectivity index (χ4n) is 3.61. The molecule has 4 nitrogen and oxygen atoms in total. The van der Waals surface area contributed by atoms with Gasteiger partial charge in [-0.15, -0.1) is 0 Å². The molecule has 1 atom stereocenters. The molecule has 1 aromatic heterocycles. The fraction of sp³-hybridized carbons (Fsp3) is 0.500. The molecule has 1 aliphatic heterocycles. The van der Waals surface area contributed by atoms with Crippen molar-refractivity contribution in [3.05, 3.63) is 54.6 Å². The van der Waals surface area contributed by atoms with Gasteiger partial charge in [0.15, 0.2) is 5.78 Å². The van der Waals surface area contributed by atoms with Crippen LogP contribution in [0.1, 0.15) is 48.9 Å². The monoisotopic (exact) mass is 325 g/mol. The second-order valence-electron chi connectivity index (χ2n) is 6.67. The van der Waals surface area contributed by atoms with Crippen molar-refractivity contribution >= 4 is 5.78 Å². The minimum Gasteiger partial charge on any atom is -0.337 e. The molecule has 0 N–H and O–H groups in total. The first kappa shape index (κ1) is 16.9. The zero-order chi connectivity index (χ0) is 16.6. The van der Waals surface area contributed by atoms with Crippen LogP contribution in [0.3, 0.4) is 0 Å². The molecule has 1 aliphatic rings. The Balaban J connectivity index is 1.44.